The molecule has 1 fully saturated rings. The van der Waals surface area contributed by atoms with E-state index in [9.17, 15) is 4.79 Å². The first-order chi connectivity index (χ1) is 12.6. The fourth-order valence-electron chi connectivity index (χ4n) is 3.57. The van der Waals surface area contributed by atoms with E-state index in [0.29, 0.717) is 24.5 Å². The zero-order valence-electron chi connectivity index (χ0n) is 15.5. The van der Waals surface area contributed by atoms with Crippen molar-refractivity contribution in [3.8, 4) is 0 Å². The molecule has 138 valence electrons. The quantitative estimate of drug-likeness (QED) is 0.703. The van der Waals surface area contributed by atoms with Gasteiger partial charge in [-0.1, -0.05) is 13.3 Å². The molecule has 0 aliphatic carbocycles. The van der Waals surface area contributed by atoms with Gasteiger partial charge in [-0.3, -0.25) is 9.36 Å². The van der Waals surface area contributed by atoms with Crippen molar-refractivity contribution in [1.29, 1.82) is 0 Å². The Hall–Kier alpha value is -1.99. The van der Waals surface area contributed by atoms with Gasteiger partial charge in [0, 0.05) is 30.7 Å². The van der Waals surface area contributed by atoms with E-state index in [-0.39, 0.29) is 5.56 Å². The van der Waals surface area contributed by atoms with Crippen LogP contribution in [-0.4, -0.2) is 40.8 Å². The van der Waals surface area contributed by atoms with Crippen molar-refractivity contribution in [1.82, 2.24) is 14.5 Å². The van der Waals surface area contributed by atoms with Gasteiger partial charge in [0.25, 0.3) is 5.56 Å². The van der Waals surface area contributed by atoms with E-state index in [4.69, 9.17) is 9.72 Å². The molecule has 0 amide bonds. The number of aromatic nitrogens is 3. The van der Waals surface area contributed by atoms with E-state index < -0.39 is 0 Å². The highest BCUT2D eigenvalue weighted by Crippen LogP contribution is 2.33. The van der Waals surface area contributed by atoms with E-state index >= 15 is 0 Å². The summed E-state index contributed by atoms with van der Waals surface area (Å²) in [6, 6.07) is 2.06. The maximum Gasteiger partial charge on any atom is 0.272 e. The van der Waals surface area contributed by atoms with Crippen LogP contribution in [0.4, 0.5) is 5.95 Å². The van der Waals surface area contributed by atoms with Crippen molar-refractivity contribution < 1.29 is 4.74 Å². The number of pyridine rings is 1. The summed E-state index contributed by atoms with van der Waals surface area (Å²) in [5.74, 6) is 0.777. The SMILES string of the molecule is CCCCn1c(N2CCOCC2)nc2c(sc3nc(C)cc(C)c32)c1=O. The molecule has 0 saturated carbocycles. The van der Waals surface area contributed by atoms with Crippen molar-refractivity contribution in [3.05, 3.63) is 27.7 Å². The lowest BCUT2D eigenvalue weighted by Crippen LogP contribution is -2.40. The molecule has 1 aliphatic rings. The average Bonchev–Trinajstić information content (AvgIpc) is 3.00. The molecule has 3 aromatic heterocycles. The Morgan fingerprint density at radius 2 is 2.00 bits per heavy atom. The topological polar surface area (TPSA) is 60.2 Å². The Labute approximate surface area is 156 Å². The number of unbranched alkanes of at least 4 members (excludes halogenated alkanes) is 1. The third kappa shape index (κ3) is 2.89. The molecule has 3 aromatic rings. The molecule has 0 N–H and O–H groups in total. The second-order valence-corrected chi connectivity index (χ2v) is 7.86. The standard InChI is InChI=1S/C19H24N4O2S/c1-4-5-6-23-18(24)16-15(21-19(23)22-7-9-25-10-8-22)14-12(2)11-13(3)20-17(14)26-16/h11H,4-10H2,1-3H3. The summed E-state index contributed by atoms with van der Waals surface area (Å²) < 4.78 is 8.06. The van der Waals surface area contributed by atoms with E-state index in [2.05, 4.69) is 29.8 Å². The van der Waals surface area contributed by atoms with Crippen molar-refractivity contribution in [2.45, 2.75) is 40.2 Å². The van der Waals surface area contributed by atoms with Crippen LogP contribution in [0.25, 0.3) is 20.4 Å². The number of ether oxygens (including phenoxy) is 1. The van der Waals surface area contributed by atoms with Crippen LogP contribution in [0.5, 0.6) is 0 Å². The minimum absolute atomic E-state index is 0.0602. The summed E-state index contributed by atoms with van der Waals surface area (Å²) in [6.07, 6.45) is 2.00. The molecular formula is C19H24N4O2S. The van der Waals surface area contributed by atoms with Gasteiger partial charge >= 0.3 is 0 Å². The predicted molar refractivity (Wildman–Crippen MR) is 107 cm³/mol. The molecule has 26 heavy (non-hydrogen) atoms. The van der Waals surface area contributed by atoms with Crippen LogP contribution < -0.4 is 10.5 Å². The second-order valence-electron chi connectivity index (χ2n) is 6.86. The molecule has 0 aromatic carbocycles. The zero-order chi connectivity index (χ0) is 18.3. The first-order valence-corrected chi connectivity index (χ1v) is 10.1. The lowest BCUT2D eigenvalue weighted by atomic mass is 10.1. The molecule has 1 aliphatic heterocycles. The van der Waals surface area contributed by atoms with Gasteiger partial charge in [-0.2, -0.15) is 0 Å². The summed E-state index contributed by atoms with van der Waals surface area (Å²) in [5, 5.41) is 1.02. The fourth-order valence-corrected chi connectivity index (χ4v) is 4.76. The van der Waals surface area contributed by atoms with Crippen LogP contribution in [0.2, 0.25) is 0 Å². The van der Waals surface area contributed by atoms with E-state index in [1.807, 2.05) is 11.5 Å². The summed E-state index contributed by atoms with van der Waals surface area (Å²) in [4.78, 5) is 26.0. The van der Waals surface area contributed by atoms with E-state index in [1.165, 1.54) is 11.3 Å². The number of fused-ring (bicyclic) bond motifs is 3. The molecule has 0 bridgehead atoms. The molecule has 4 heterocycles. The lowest BCUT2D eigenvalue weighted by Gasteiger charge is -2.29. The van der Waals surface area contributed by atoms with E-state index in [0.717, 1.165) is 58.9 Å². The molecule has 0 atom stereocenters. The summed E-state index contributed by atoms with van der Waals surface area (Å²) >= 11 is 1.47. The van der Waals surface area contributed by atoms with Crippen LogP contribution in [0.15, 0.2) is 10.9 Å². The van der Waals surface area contributed by atoms with Crippen LogP contribution in [0.1, 0.15) is 31.0 Å². The highest BCUT2D eigenvalue weighted by atomic mass is 32.1. The fraction of sp³-hybridized carbons (Fsp3) is 0.526. The third-order valence-electron chi connectivity index (χ3n) is 4.88. The summed E-state index contributed by atoms with van der Waals surface area (Å²) in [7, 11) is 0. The van der Waals surface area contributed by atoms with Crippen LogP contribution in [0.3, 0.4) is 0 Å². The number of anilines is 1. The Balaban J connectivity index is 2.00. The molecule has 6 nitrogen and oxygen atoms in total. The number of hydrogen-bond acceptors (Lipinski definition) is 6. The summed E-state index contributed by atoms with van der Waals surface area (Å²) in [5.41, 5.74) is 2.96. The minimum atomic E-state index is 0.0602. The van der Waals surface area contributed by atoms with Gasteiger partial charge in [-0.15, -0.1) is 11.3 Å². The van der Waals surface area contributed by atoms with Gasteiger partial charge in [0.15, 0.2) is 0 Å². The van der Waals surface area contributed by atoms with Crippen LogP contribution in [0, 0.1) is 13.8 Å². The first-order valence-electron chi connectivity index (χ1n) is 9.24. The molecule has 4 rings (SSSR count). The number of nitrogens with zero attached hydrogens (tertiary/aromatic N) is 4. The summed E-state index contributed by atoms with van der Waals surface area (Å²) in [6.45, 7) is 9.78. The largest absolute Gasteiger partial charge is 0.378 e. The van der Waals surface area contributed by atoms with Gasteiger partial charge < -0.3 is 9.64 Å². The Morgan fingerprint density at radius 3 is 2.73 bits per heavy atom. The zero-order valence-corrected chi connectivity index (χ0v) is 16.4. The van der Waals surface area contributed by atoms with Crippen molar-refractivity contribution in [3.63, 3.8) is 0 Å². The molecule has 0 spiro atoms. The van der Waals surface area contributed by atoms with Crippen molar-refractivity contribution >= 4 is 37.7 Å². The number of rotatable bonds is 4. The normalized spacial score (nSPS) is 15.3. The maximum absolute atomic E-state index is 13.3. The molecule has 0 unspecified atom stereocenters. The number of thiophene rings is 1. The highest BCUT2D eigenvalue weighted by Gasteiger charge is 2.22. The number of hydrogen-bond donors (Lipinski definition) is 0. The monoisotopic (exact) mass is 372 g/mol. The minimum Gasteiger partial charge on any atom is -0.378 e. The van der Waals surface area contributed by atoms with Gasteiger partial charge in [-0.05, 0) is 31.9 Å². The maximum atomic E-state index is 13.3. The number of morpholine rings is 1. The highest BCUT2D eigenvalue weighted by molar-refractivity contribution is 7.25. The first kappa shape index (κ1) is 17.4. The van der Waals surface area contributed by atoms with Crippen LogP contribution in [-0.2, 0) is 11.3 Å². The van der Waals surface area contributed by atoms with Gasteiger partial charge in [-0.25, -0.2) is 9.97 Å². The Morgan fingerprint density at radius 1 is 1.23 bits per heavy atom. The van der Waals surface area contributed by atoms with Gasteiger partial charge in [0.1, 0.15) is 15.0 Å². The predicted octanol–water partition coefficient (Wildman–Crippen LogP) is 3.26. The van der Waals surface area contributed by atoms with Crippen LogP contribution >= 0.6 is 11.3 Å². The Bertz CT molecular complexity index is 1020. The molecule has 1 saturated heterocycles. The van der Waals surface area contributed by atoms with Gasteiger partial charge in [0.2, 0.25) is 5.95 Å². The number of aryl methyl sites for hydroxylation is 2. The smallest absolute Gasteiger partial charge is 0.272 e. The lowest BCUT2D eigenvalue weighted by molar-refractivity contribution is 0.121. The van der Waals surface area contributed by atoms with Crippen molar-refractivity contribution in [2.75, 3.05) is 31.2 Å². The second kappa shape index (κ2) is 6.96. The average molecular weight is 372 g/mol. The van der Waals surface area contributed by atoms with Crippen molar-refractivity contribution in [2.24, 2.45) is 0 Å². The van der Waals surface area contributed by atoms with E-state index in [1.54, 1.807) is 0 Å². The Kier molecular flexibility index (Phi) is 4.67. The molecular weight excluding hydrogens is 348 g/mol. The molecule has 0 radical (unpaired) electrons. The molecule has 7 heteroatoms. The third-order valence-corrected chi connectivity index (χ3v) is 5.94. The van der Waals surface area contributed by atoms with Gasteiger partial charge in [0.05, 0.1) is 13.2 Å².